The zero-order valence-corrected chi connectivity index (χ0v) is 24.7. The minimum atomic E-state index is -1.05. The standard InChI is InChI=1S/C34H38FN3O5/c1-34(2)19-27(25-18-22(43-3)14-15-23(25)32(34)41)36-20-29(39)26(17-21-9-5-4-6-10-21)37-33(42)24-11-7-12-28(31(24)35)38-16-8-13-30(38)40/h4-7,9-12,14-15,18,26-27,29,36,39H,8,13,16-17,19-20H2,1-3H3,(H,37,42)/t26?,27-,29+/m0/s1. The molecule has 0 radical (unpaired) electrons. The lowest BCUT2D eigenvalue weighted by atomic mass is 9.71. The predicted octanol–water partition coefficient (Wildman–Crippen LogP) is 4.61. The van der Waals surface area contributed by atoms with Gasteiger partial charge in [0, 0.05) is 36.5 Å². The van der Waals surface area contributed by atoms with E-state index in [1.807, 2.05) is 50.2 Å². The number of rotatable bonds is 10. The third-order valence-electron chi connectivity index (χ3n) is 8.45. The van der Waals surface area contributed by atoms with Crippen molar-refractivity contribution in [2.75, 3.05) is 25.1 Å². The van der Waals surface area contributed by atoms with E-state index in [4.69, 9.17) is 4.74 Å². The summed E-state index contributed by atoms with van der Waals surface area (Å²) in [5, 5.41) is 17.7. The number of halogens is 1. The third-order valence-corrected chi connectivity index (χ3v) is 8.45. The average Bonchev–Trinajstić information content (AvgIpc) is 3.43. The summed E-state index contributed by atoms with van der Waals surface area (Å²) < 4.78 is 21.0. The summed E-state index contributed by atoms with van der Waals surface area (Å²) >= 11 is 0. The molecule has 5 rings (SSSR count). The van der Waals surface area contributed by atoms with Gasteiger partial charge in [0.2, 0.25) is 5.91 Å². The second-order valence-corrected chi connectivity index (χ2v) is 12.0. The van der Waals surface area contributed by atoms with Gasteiger partial charge >= 0.3 is 0 Å². The van der Waals surface area contributed by atoms with Crippen LogP contribution in [-0.4, -0.2) is 55.0 Å². The number of hydrogen-bond donors (Lipinski definition) is 3. The van der Waals surface area contributed by atoms with Crippen molar-refractivity contribution in [2.45, 2.75) is 57.7 Å². The van der Waals surface area contributed by atoms with Gasteiger partial charge in [0.25, 0.3) is 5.91 Å². The van der Waals surface area contributed by atoms with Crippen LogP contribution in [0.5, 0.6) is 5.75 Å². The molecule has 2 aliphatic rings. The molecule has 3 N–H and O–H groups in total. The summed E-state index contributed by atoms with van der Waals surface area (Å²) in [6.45, 7) is 4.32. The van der Waals surface area contributed by atoms with E-state index in [9.17, 15) is 19.5 Å². The lowest BCUT2D eigenvalue weighted by molar-refractivity contribution is -0.117. The summed E-state index contributed by atoms with van der Waals surface area (Å²) in [4.78, 5) is 40.2. The highest BCUT2D eigenvalue weighted by Crippen LogP contribution is 2.42. The highest BCUT2D eigenvalue weighted by Gasteiger charge is 2.40. The van der Waals surface area contributed by atoms with Crippen molar-refractivity contribution in [2.24, 2.45) is 5.41 Å². The molecule has 1 saturated heterocycles. The van der Waals surface area contributed by atoms with Gasteiger partial charge in [-0.1, -0.05) is 50.2 Å². The van der Waals surface area contributed by atoms with Gasteiger partial charge in [-0.2, -0.15) is 0 Å². The van der Waals surface area contributed by atoms with Crippen molar-refractivity contribution in [1.82, 2.24) is 10.6 Å². The summed E-state index contributed by atoms with van der Waals surface area (Å²) in [6, 6.07) is 18.3. The Morgan fingerprint density at radius 3 is 2.58 bits per heavy atom. The lowest BCUT2D eigenvalue weighted by Gasteiger charge is -2.37. The number of amides is 2. The van der Waals surface area contributed by atoms with Gasteiger partial charge in [-0.15, -0.1) is 0 Å². The third kappa shape index (κ3) is 6.48. The summed E-state index contributed by atoms with van der Waals surface area (Å²) in [5.74, 6) is -0.927. The molecule has 3 aromatic rings. The van der Waals surface area contributed by atoms with Gasteiger partial charge in [-0.05, 0) is 60.7 Å². The molecule has 3 aromatic carbocycles. The molecule has 3 atom stereocenters. The number of ketones is 1. The first-order chi connectivity index (χ1) is 20.6. The summed E-state index contributed by atoms with van der Waals surface area (Å²) in [5.41, 5.74) is 1.59. The van der Waals surface area contributed by atoms with Gasteiger partial charge in [-0.3, -0.25) is 14.4 Å². The first kappa shape index (κ1) is 30.4. The van der Waals surface area contributed by atoms with Gasteiger partial charge in [0.1, 0.15) is 5.75 Å². The first-order valence-electron chi connectivity index (χ1n) is 14.7. The number of benzene rings is 3. The van der Waals surface area contributed by atoms with Gasteiger partial charge in [0.15, 0.2) is 11.6 Å². The second kappa shape index (κ2) is 12.7. The van der Waals surface area contributed by atoms with E-state index < -0.39 is 29.3 Å². The fourth-order valence-corrected chi connectivity index (χ4v) is 6.03. The minimum Gasteiger partial charge on any atom is -0.497 e. The monoisotopic (exact) mass is 587 g/mol. The number of Topliss-reactive ketones (excluding diaryl/α,β-unsaturated/α-hetero) is 1. The van der Waals surface area contributed by atoms with Crippen molar-refractivity contribution >= 4 is 23.3 Å². The zero-order valence-electron chi connectivity index (χ0n) is 24.7. The Hall–Kier alpha value is -4.08. The normalized spacial score (nSPS) is 19.1. The fourth-order valence-electron chi connectivity index (χ4n) is 6.03. The van der Waals surface area contributed by atoms with E-state index in [1.54, 1.807) is 25.3 Å². The molecule has 226 valence electrons. The molecule has 1 fully saturated rings. The molecular formula is C34H38FN3O5. The molecule has 0 spiro atoms. The molecule has 8 nitrogen and oxygen atoms in total. The van der Waals surface area contributed by atoms with Crippen LogP contribution in [0, 0.1) is 11.2 Å². The number of nitrogens with zero attached hydrogens (tertiary/aromatic N) is 1. The average molecular weight is 588 g/mol. The molecule has 1 aliphatic heterocycles. The molecule has 1 unspecified atom stereocenters. The molecular weight excluding hydrogens is 549 g/mol. The number of fused-ring (bicyclic) bond motifs is 1. The lowest BCUT2D eigenvalue weighted by Crippen LogP contribution is -2.50. The maximum atomic E-state index is 15.6. The van der Waals surface area contributed by atoms with Crippen LogP contribution in [-0.2, 0) is 11.2 Å². The Balaban J connectivity index is 1.37. The number of hydrogen-bond acceptors (Lipinski definition) is 6. The number of carbonyl (C=O) groups is 3. The number of aliphatic hydroxyl groups is 1. The SMILES string of the molecule is COc1ccc2c(c1)[C@@H](NC[C@@H](O)C(Cc1ccccc1)NC(=O)c1cccc(N3CCCC3=O)c1F)CC(C)(C)C2=O. The van der Waals surface area contributed by atoms with E-state index in [2.05, 4.69) is 10.6 Å². The van der Waals surface area contributed by atoms with Crippen LogP contribution in [0.2, 0.25) is 0 Å². The number of methoxy groups -OCH3 is 1. The Kier molecular flexibility index (Phi) is 8.94. The maximum Gasteiger partial charge on any atom is 0.254 e. The van der Waals surface area contributed by atoms with Gasteiger partial charge in [0.05, 0.1) is 30.5 Å². The van der Waals surface area contributed by atoms with Crippen molar-refractivity contribution < 1.29 is 28.6 Å². The highest BCUT2D eigenvalue weighted by molar-refractivity contribution is 6.03. The molecule has 1 aliphatic carbocycles. The summed E-state index contributed by atoms with van der Waals surface area (Å²) in [6.07, 6.45) is 0.751. The van der Waals surface area contributed by atoms with Crippen LogP contribution in [0.4, 0.5) is 10.1 Å². The molecule has 2 amide bonds. The van der Waals surface area contributed by atoms with Crippen molar-refractivity contribution in [3.8, 4) is 5.75 Å². The number of ether oxygens (including phenoxy) is 1. The molecule has 0 bridgehead atoms. The smallest absolute Gasteiger partial charge is 0.254 e. The molecule has 0 aromatic heterocycles. The van der Waals surface area contributed by atoms with E-state index in [1.165, 1.54) is 17.0 Å². The van der Waals surface area contributed by atoms with Crippen LogP contribution < -0.4 is 20.3 Å². The fraction of sp³-hybridized carbons (Fsp3) is 0.382. The number of anilines is 1. The number of aliphatic hydroxyl groups excluding tert-OH is 1. The largest absolute Gasteiger partial charge is 0.497 e. The van der Waals surface area contributed by atoms with Crippen LogP contribution in [0.25, 0.3) is 0 Å². The van der Waals surface area contributed by atoms with Crippen molar-refractivity contribution in [3.05, 3.63) is 94.8 Å². The number of carbonyl (C=O) groups excluding carboxylic acids is 3. The van der Waals surface area contributed by atoms with E-state index in [-0.39, 0.29) is 35.5 Å². The van der Waals surface area contributed by atoms with Crippen molar-refractivity contribution in [3.63, 3.8) is 0 Å². The van der Waals surface area contributed by atoms with E-state index in [0.717, 1.165) is 11.1 Å². The second-order valence-electron chi connectivity index (χ2n) is 12.0. The Bertz CT molecular complexity index is 1510. The molecule has 43 heavy (non-hydrogen) atoms. The van der Waals surface area contributed by atoms with E-state index >= 15 is 4.39 Å². The van der Waals surface area contributed by atoms with Crippen LogP contribution in [0.15, 0.2) is 66.7 Å². The van der Waals surface area contributed by atoms with E-state index in [0.29, 0.717) is 43.5 Å². The van der Waals surface area contributed by atoms with Crippen LogP contribution in [0.1, 0.15) is 71.0 Å². The predicted molar refractivity (Wildman–Crippen MR) is 162 cm³/mol. The zero-order chi connectivity index (χ0) is 30.7. The van der Waals surface area contributed by atoms with Crippen molar-refractivity contribution in [1.29, 1.82) is 0 Å². The van der Waals surface area contributed by atoms with Crippen LogP contribution >= 0.6 is 0 Å². The molecule has 1 heterocycles. The topological polar surface area (TPSA) is 108 Å². The van der Waals surface area contributed by atoms with Gasteiger partial charge < -0.3 is 25.4 Å². The highest BCUT2D eigenvalue weighted by atomic mass is 19.1. The quantitative estimate of drug-likeness (QED) is 0.320. The Labute approximate surface area is 251 Å². The Morgan fingerprint density at radius 1 is 1.12 bits per heavy atom. The maximum absolute atomic E-state index is 15.6. The van der Waals surface area contributed by atoms with Crippen LogP contribution in [0.3, 0.4) is 0 Å². The molecule has 0 saturated carbocycles. The Morgan fingerprint density at radius 2 is 1.88 bits per heavy atom. The van der Waals surface area contributed by atoms with Gasteiger partial charge in [-0.25, -0.2) is 4.39 Å². The first-order valence-corrected chi connectivity index (χ1v) is 14.7. The molecule has 9 heteroatoms. The summed E-state index contributed by atoms with van der Waals surface area (Å²) in [7, 11) is 1.57. The minimum absolute atomic E-state index is 0.0536. The number of nitrogens with one attached hydrogen (secondary N) is 2.